The summed E-state index contributed by atoms with van der Waals surface area (Å²) in [5.41, 5.74) is -0.0329. The van der Waals surface area contributed by atoms with Crippen molar-refractivity contribution in [2.24, 2.45) is 10.7 Å². The van der Waals surface area contributed by atoms with Gasteiger partial charge in [0.25, 0.3) is 11.8 Å². The number of amides is 1. The average molecular weight is 428 g/mol. The number of benzene rings is 2. The average Bonchev–Trinajstić information content (AvgIpc) is 2.61. The Bertz CT molecular complexity index is 992. The van der Waals surface area contributed by atoms with Crippen molar-refractivity contribution in [1.82, 2.24) is 0 Å². The SMILES string of the molecule is C[C@@]1(F)CC(F)(F)[C@@](C)(c2cccc(NC(=O)c3ccc(Cl)cc3)c2F)N=C1N. The molecule has 0 unspecified atom stereocenters. The third-order valence-corrected chi connectivity index (χ3v) is 5.27. The molecule has 0 saturated heterocycles. The monoisotopic (exact) mass is 427 g/mol. The van der Waals surface area contributed by atoms with Gasteiger partial charge in [-0.2, -0.15) is 0 Å². The molecular weight excluding hydrogens is 410 g/mol. The van der Waals surface area contributed by atoms with Crippen molar-refractivity contribution in [3.63, 3.8) is 0 Å². The van der Waals surface area contributed by atoms with Crippen LogP contribution in [-0.2, 0) is 5.54 Å². The van der Waals surface area contributed by atoms with Crippen LogP contribution in [0.2, 0.25) is 5.02 Å². The van der Waals surface area contributed by atoms with E-state index in [9.17, 15) is 18.0 Å². The fourth-order valence-corrected chi connectivity index (χ4v) is 3.30. The first-order valence-corrected chi connectivity index (χ1v) is 9.04. The number of carbonyl (C=O) groups is 1. The second-order valence-corrected chi connectivity index (χ2v) is 7.71. The van der Waals surface area contributed by atoms with E-state index in [1.807, 2.05) is 0 Å². The molecule has 2 aromatic rings. The van der Waals surface area contributed by atoms with Gasteiger partial charge in [-0.05, 0) is 44.2 Å². The number of alkyl halides is 3. The van der Waals surface area contributed by atoms with E-state index >= 15 is 4.39 Å². The lowest BCUT2D eigenvalue weighted by molar-refractivity contribution is -0.106. The van der Waals surface area contributed by atoms with Crippen LogP contribution >= 0.6 is 11.6 Å². The fourth-order valence-electron chi connectivity index (χ4n) is 3.18. The summed E-state index contributed by atoms with van der Waals surface area (Å²) >= 11 is 5.77. The van der Waals surface area contributed by atoms with Gasteiger partial charge in [0.05, 0.1) is 12.1 Å². The molecule has 9 heteroatoms. The molecule has 0 radical (unpaired) electrons. The summed E-state index contributed by atoms with van der Waals surface area (Å²) in [5.74, 6) is -6.12. The van der Waals surface area contributed by atoms with Crippen LogP contribution in [0.5, 0.6) is 0 Å². The van der Waals surface area contributed by atoms with Gasteiger partial charge in [-0.3, -0.25) is 9.79 Å². The molecule has 0 aromatic heterocycles. The number of nitrogens with one attached hydrogen (secondary N) is 1. The van der Waals surface area contributed by atoms with E-state index < -0.39 is 46.7 Å². The van der Waals surface area contributed by atoms with Gasteiger partial charge in [0.1, 0.15) is 5.84 Å². The van der Waals surface area contributed by atoms with Crippen LogP contribution in [0.25, 0.3) is 0 Å². The number of rotatable bonds is 3. The van der Waals surface area contributed by atoms with Crippen LogP contribution in [0.15, 0.2) is 47.5 Å². The molecule has 1 aliphatic heterocycles. The molecule has 0 aliphatic carbocycles. The van der Waals surface area contributed by atoms with Gasteiger partial charge in [0.2, 0.25) is 0 Å². The van der Waals surface area contributed by atoms with Gasteiger partial charge < -0.3 is 11.1 Å². The smallest absolute Gasteiger partial charge is 0.280 e. The standard InChI is InChI=1S/C20H18ClF4N3O/c1-18(23)10-20(24,25)19(2,28-17(18)26)13-4-3-5-14(15(13)22)27-16(29)11-6-8-12(21)9-7-11/h3-9H,10H2,1-2H3,(H2,26,28)(H,27,29)/t18-,19-/m1/s1. The minimum Gasteiger partial charge on any atom is -0.385 e. The molecule has 154 valence electrons. The van der Waals surface area contributed by atoms with Crippen LogP contribution < -0.4 is 11.1 Å². The Balaban J connectivity index is 2.01. The molecule has 4 nitrogen and oxygen atoms in total. The third kappa shape index (κ3) is 3.69. The van der Waals surface area contributed by atoms with Crippen molar-refractivity contribution in [3.05, 3.63) is 64.4 Å². The van der Waals surface area contributed by atoms with Gasteiger partial charge in [-0.15, -0.1) is 0 Å². The van der Waals surface area contributed by atoms with Crippen molar-refractivity contribution in [3.8, 4) is 0 Å². The number of nitrogens with two attached hydrogens (primary N) is 1. The zero-order valence-corrected chi connectivity index (χ0v) is 16.3. The summed E-state index contributed by atoms with van der Waals surface area (Å²) in [6.07, 6.45) is -1.24. The number of nitrogens with zero attached hydrogens (tertiary/aromatic N) is 1. The van der Waals surface area contributed by atoms with E-state index in [2.05, 4.69) is 10.3 Å². The molecule has 1 heterocycles. The zero-order valence-electron chi connectivity index (χ0n) is 15.6. The summed E-state index contributed by atoms with van der Waals surface area (Å²) in [7, 11) is 0. The maximum absolute atomic E-state index is 15.1. The van der Waals surface area contributed by atoms with E-state index in [4.69, 9.17) is 17.3 Å². The number of anilines is 1. The molecule has 3 N–H and O–H groups in total. The highest BCUT2D eigenvalue weighted by atomic mass is 35.5. The normalized spacial score (nSPS) is 26.0. The molecule has 0 bridgehead atoms. The van der Waals surface area contributed by atoms with Crippen LogP contribution in [0.4, 0.5) is 23.2 Å². The molecule has 3 rings (SSSR count). The number of aliphatic imine (C=N–C) groups is 1. The zero-order chi connectivity index (χ0) is 21.6. The first-order valence-electron chi connectivity index (χ1n) is 8.66. The Morgan fingerprint density at radius 1 is 1.14 bits per heavy atom. The summed E-state index contributed by atoms with van der Waals surface area (Å²) < 4.78 is 59.1. The predicted octanol–water partition coefficient (Wildman–Crippen LogP) is 5.07. The van der Waals surface area contributed by atoms with Gasteiger partial charge in [-0.1, -0.05) is 23.7 Å². The van der Waals surface area contributed by atoms with Crippen molar-refractivity contribution >= 4 is 29.0 Å². The van der Waals surface area contributed by atoms with E-state index in [1.165, 1.54) is 36.4 Å². The number of halogens is 5. The van der Waals surface area contributed by atoms with Crippen molar-refractivity contribution in [2.45, 2.75) is 37.4 Å². The van der Waals surface area contributed by atoms with E-state index in [1.54, 1.807) is 0 Å². The lowest BCUT2D eigenvalue weighted by Gasteiger charge is -2.42. The van der Waals surface area contributed by atoms with Crippen LogP contribution in [-0.4, -0.2) is 23.3 Å². The van der Waals surface area contributed by atoms with Gasteiger partial charge in [0, 0.05) is 16.1 Å². The van der Waals surface area contributed by atoms with E-state index in [0.717, 1.165) is 19.9 Å². The van der Waals surface area contributed by atoms with Crippen LogP contribution in [0, 0.1) is 5.82 Å². The number of hydrogen-bond donors (Lipinski definition) is 2. The molecule has 2 aromatic carbocycles. The second-order valence-electron chi connectivity index (χ2n) is 7.28. The minimum absolute atomic E-state index is 0.198. The first kappa shape index (κ1) is 21.1. The number of amidine groups is 1. The Morgan fingerprint density at radius 3 is 2.38 bits per heavy atom. The molecule has 1 amide bonds. The fraction of sp³-hybridized carbons (Fsp3) is 0.300. The molecule has 2 atom stereocenters. The Kier molecular flexibility index (Phi) is 5.11. The maximum atomic E-state index is 15.1. The summed E-state index contributed by atoms with van der Waals surface area (Å²) in [6, 6.07) is 9.47. The summed E-state index contributed by atoms with van der Waals surface area (Å²) in [5, 5.41) is 2.76. The number of carbonyl (C=O) groups excluding carboxylic acids is 1. The topological polar surface area (TPSA) is 67.5 Å². The number of hydrogen-bond acceptors (Lipinski definition) is 3. The van der Waals surface area contributed by atoms with Crippen molar-refractivity contribution < 1.29 is 22.4 Å². The van der Waals surface area contributed by atoms with E-state index in [0.29, 0.717) is 5.02 Å². The molecule has 0 saturated carbocycles. The second kappa shape index (κ2) is 7.02. The Morgan fingerprint density at radius 2 is 1.76 bits per heavy atom. The molecule has 0 fully saturated rings. The van der Waals surface area contributed by atoms with Crippen molar-refractivity contribution in [2.75, 3.05) is 5.32 Å². The Hall–Kier alpha value is -2.61. The highest BCUT2D eigenvalue weighted by Gasteiger charge is 2.60. The minimum atomic E-state index is -3.72. The molecular formula is C20H18ClF4N3O. The third-order valence-electron chi connectivity index (χ3n) is 5.02. The molecule has 29 heavy (non-hydrogen) atoms. The Labute approximate surface area is 169 Å². The predicted molar refractivity (Wildman–Crippen MR) is 104 cm³/mol. The highest BCUT2D eigenvalue weighted by Crippen LogP contribution is 2.50. The lowest BCUT2D eigenvalue weighted by Crippen LogP contribution is -2.56. The molecule has 0 spiro atoms. The highest BCUT2D eigenvalue weighted by molar-refractivity contribution is 6.30. The van der Waals surface area contributed by atoms with Crippen LogP contribution in [0.3, 0.4) is 0 Å². The summed E-state index contributed by atoms with van der Waals surface area (Å²) in [6.45, 7) is 1.89. The molecule has 1 aliphatic rings. The first-order chi connectivity index (χ1) is 13.4. The van der Waals surface area contributed by atoms with E-state index in [-0.39, 0.29) is 11.3 Å². The van der Waals surface area contributed by atoms with Gasteiger partial charge in [0.15, 0.2) is 17.0 Å². The van der Waals surface area contributed by atoms with Crippen LogP contribution in [0.1, 0.15) is 36.2 Å². The lowest BCUT2D eigenvalue weighted by atomic mass is 9.77. The van der Waals surface area contributed by atoms with Crippen molar-refractivity contribution in [1.29, 1.82) is 0 Å². The largest absolute Gasteiger partial charge is 0.385 e. The van der Waals surface area contributed by atoms with Gasteiger partial charge >= 0.3 is 0 Å². The quantitative estimate of drug-likeness (QED) is 0.671. The summed E-state index contributed by atoms with van der Waals surface area (Å²) in [4.78, 5) is 16.0. The maximum Gasteiger partial charge on any atom is 0.280 e. The van der Waals surface area contributed by atoms with Gasteiger partial charge in [-0.25, -0.2) is 17.6 Å².